The molecule has 1 aromatic heterocycles. The summed E-state index contributed by atoms with van der Waals surface area (Å²) in [4.78, 5) is 11.7. The summed E-state index contributed by atoms with van der Waals surface area (Å²) in [5.41, 5.74) is 2.33. The van der Waals surface area contributed by atoms with Crippen molar-refractivity contribution in [2.24, 2.45) is 0 Å². The first kappa shape index (κ1) is 15.2. The second-order valence-corrected chi connectivity index (χ2v) is 6.25. The summed E-state index contributed by atoms with van der Waals surface area (Å²) in [5, 5.41) is 3.58. The number of hydrogen-bond donors (Lipinski definition) is 1. The minimum Gasteiger partial charge on any atom is -0.367 e. The van der Waals surface area contributed by atoms with Crippen molar-refractivity contribution in [1.29, 1.82) is 0 Å². The first-order chi connectivity index (χ1) is 9.52. The van der Waals surface area contributed by atoms with Gasteiger partial charge in [0.2, 0.25) is 0 Å². The molecule has 0 spiro atoms. The standard InChI is InChI=1S/C16H28N4/c1-6-20(12(4)5)15-10-18-16(11(2)3)19-14(15)9-17-13-7-8-13/h10-13,17H,6-9H2,1-5H3. The Morgan fingerprint density at radius 3 is 2.50 bits per heavy atom. The molecule has 0 amide bonds. The maximum absolute atomic E-state index is 4.81. The number of aromatic nitrogens is 2. The predicted octanol–water partition coefficient (Wildman–Crippen LogP) is 3.09. The molecule has 4 heteroatoms. The van der Waals surface area contributed by atoms with Gasteiger partial charge in [-0.25, -0.2) is 9.97 Å². The fraction of sp³-hybridized carbons (Fsp3) is 0.750. The highest BCUT2D eigenvalue weighted by atomic mass is 15.2. The lowest BCUT2D eigenvalue weighted by molar-refractivity contribution is 0.640. The molecule has 0 atom stereocenters. The molecule has 0 aliphatic heterocycles. The van der Waals surface area contributed by atoms with E-state index in [1.807, 2.05) is 6.20 Å². The van der Waals surface area contributed by atoms with Gasteiger partial charge in [-0.15, -0.1) is 0 Å². The van der Waals surface area contributed by atoms with Crippen LogP contribution >= 0.6 is 0 Å². The van der Waals surface area contributed by atoms with Crippen molar-refractivity contribution in [1.82, 2.24) is 15.3 Å². The van der Waals surface area contributed by atoms with Gasteiger partial charge in [-0.1, -0.05) is 13.8 Å². The minimum absolute atomic E-state index is 0.373. The Morgan fingerprint density at radius 2 is 2.00 bits per heavy atom. The number of rotatable bonds is 7. The van der Waals surface area contributed by atoms with Crippen molar-refractivity contribution in [2.45, 2.75) is 72.0 Å². The zero-order valence-corrected chi connectivity index (χ0v) is 13.5. The molecule has 4 nitrogen and oxygen atoms in total. The van der Waals surface area contributed by atoms with E-state index in [1.165, 1.54) is 18.5 Å². The van der Waals surface area contributed by atoms with Crippen molar-refractivity contribution in [3.05, 3.63) is 17.7 Å². The Morgan fingerprint density at radius 1 is 1.30 bits per heavy atom. The first-order valence-corrected chi connectivity index (χ1v) is 7.88. The van der Waals surface area contributed by atoms with E-state index in [0.29, 0.717) is 18.0 Å². The van der Waals surface area contributed by atoms with Gasteiger partial charge in [0.25, 0.3) is 0 Å². The van der Waals surface area contributed by atoms with E-state index in [4.69, 9.17) is 4.98 Å². The van der Waals surface area contributed by atoms with E-state index in [1.54, 1.807) is 0 Å². The van der Waals surface area contributed by atoms with Gasteiger partial charge in [-0.2, -0.15) is 0 Å². The molecule has 20 heavy (non-hydrogen) atoms. The maximum Gasteiger partial charge on any atom is 0.131 e. The molecule has 0 saturated heterocycles. The second kappa shape index (κ2) is 6.53. The molecule has 112 valence electrons. The fourth-order valence-corrected chi connectivity index (χ4v) is 2.42. The zero-order chi connectivity index (χ0) is 14.7. The van der Waals surface area contributed by atoms with Crippen LogP contribution in [0.5, 0.6) is 0 Å². The molecule has 1 saturated carbocycles. The Labute approximate surface area is 123 Å². The Bertz CT molecular complexity index is 438. The van der Waals surface area contributed by atoms with Gasteiger partial charge >= 0.3 is 0 Å². The molecule has 0 aromatic carbocycles. The van der Waals surface area contributed by atoms with Crippen LogP contribution in [0, 0.1) is 0 Å². The van der Waals surface area contributed by atoms with Crippen LogP contribution in [0.1, 0.15) is 64.9 Å². The summed E-state index contributed by atoms with van der Waals surface area (Å²) in [7, 11) is 0. The molecule has 0 unspecified atom stereocenters. The molecule has 2 rings (SSSR count). The number of hydrogen-bond acceptors (Lipinski definition) is 4. The van der Waals surface area contributed by atoms with Crippen molar-refractivity contribution < 1.29 is 0 Å². The van der Waals surface area contributed by atoms with E-state index in [0.717, 1.165) is 24.6 Å². The monoisotopic (exact) mass is 276 g/mol. The van der Waals surface area contributed by atoms with Crippen LogP contribution in [0.25, 0.3) is 0 Å². The number of nitrogens with zero attached hydrogens (tertiary/aromatic N) is 3. The van der Waals surface area contributed by atoms with Gasteiger partial charge in [0.05, 0.1) is 17.6 Å². The summed E-state index contributed by atoms with van der Waals surface area (Å²) in [6, 6.07) is 1.17. The van der Waals surface area contributed by atoms with E-state index >= 15 is 0 Å². The zero-order valence-electron chi connectivity index (χ0n) is 13.5. The molecular formula is C16H28N4. The highest BCUT2D eigenvalue weighted by molar-refractivity contribution is 5.50. The van der Waals surface area contributed by atoms with E-state index < -0.39 is 0 Å². The molecule has 0 bridgehead atoms. The van der Waals surface area contributed by atoms with Gasteiger partial charge < -0.3 is 10.2 Å². The molecule has 0 radical (unpaired) electrons. The van der Waals surface area contributed by atoms with E-state index in [-0.39, 0.29) is 0 Å². The van der Waals surface area contributed by atoms with Crippen molar-refractivity contribution in [3.63, 3.8) is 0 Å². The van der Waals surface area contributed by atoms with Crippen LogP contribution in [0.15, 0.2) is 6.20 Å². The number of nitrogens with one attached hydrogen (secondary N) is 1. The van der Waals surface area contributed by atoms with Crippen LogP contribution in [0.4, 0.5) is 5.69 Å². The molecule has 1 N–H and O–H groups in total. The molecule has 1 heterocycles. The van der Waals surface area contributed by atoms with Crippen LogP contribution in [-0.2, 0) is 6.54 Å². The lowest BCUT2D eigenvalue weighted by Gasteiger charge is -2.29. The molecule has 1 fully saturated rings. The van der Waals surface area contributed by atoms with Gasteiger partial charge in [-0.3, -0.25) is 0 Å². The van der Waals surface area contributed by atoms with Crippen LogP contribution in [-0.4, -0.2) is 28.6 Å². The van der Waals surface area contributed by atoms with E-state index in [9.17, 15) is 0 Å². The number of anilines is 1. The SMILES string of the molecule is CCN(c1cnc(C(C)C)nc1CNC1CC1)C(C)C. The molecule has 1 aliphatic rings. The van der Waals surface area contributed by atoms with Gasteiger partial charge in [-0.05, 0) is 33.6 Å². The molecular weight excluding hydrogens is 248 g/mol. The fourth-order valence-electron chi connectivity index (χ4n) is 2.42. The summed E-state index contributed by atoms with van der Waals surface area (Å²) in [5.74, 6) is 1.32. The maximum atomic E-state index is 4.81. The van der Waals surface area contributed by atoms with Gasteiger partial charge in [0.1, 0.15) is 5.82 Å². The lowest BCUT2D eigenvalue weighted by atomic mass is 10.2. The van der Waals surface area contributed by atoms with Crippen molar-refractivity contribution in [3.8, 4) is 0 Å². The summed E-state index contributed by atoms with van der Waals surface area (Å²) >= 11 is 0. The van der Waals surface area contributed by atoms with Crippen LogP contribution in [0.2, 0.25) is 0 Å². The molecule has 1 aromatic rings. The third-order valence-corrected chi connectivity index (χ3v) is 3.79. The summed E-state index contributed by atoms with van der Waals surface area (Å²) < 4.78 is 0. The van der Waals surface area contributed by atoms with Crippen molar-refractivity contribution in [2.75, 3.05) is 11.4 Å². The minimum atomic E-state index is 0.373. The topological polar surface area (TPSA) is 41.1 Å². The first-order valence-electron chi connectivity index (χ1n) is 7.88. The lowest BCUT2D eigenvalue weighted by Crippen LogP contribution is -2.32. The average Bonchev–Trinajstić information content (AvgIpc) is 3.21. The second-order valence-electron chi connectivity index (χ2n) is 6.25. The average molecular weight is 276 g/mol. The van der Waals surface area contributed by atoms with Crippen LogP contribution in [0.3, 0.4) is 0 Å². The highest BCUT2D eigenvalue weighted by Crippen LogP contribution is 2.24. The van der Waals surface area contributed by atoms with E-state index in [2.05, 4.69) is 49.8 Å². The third-order valence-electron chi connectivity index (χ3n) is 3.79. The van der Waals surface area contributed by atoms with Gasteiger partial charge in [0.15, 0.2) is 0 Å². The largest absolute Gasteiger partial charge is 0.367 e. The smallest absolute Gasteiger partial charge is 0.131 e. The third kappa shape index (κ3) is 3.69. The van der Waals surface area contributed by atoms with Gasteiger partial charge in [0, 0.05) is 31.1 Å². The summed E-state index contributed by atoms with van der Waals surface area (Å²) in [6.07, 6.45) is 4.62. The van der Waals surface area contributed by atoms with Crippen molar-refractivity contribution >= 4 is 5.69 Å². The summed E-state index contributed by atoms with van der Waals surface area (Å²) in [6.45, 7) is 12.8. The van der Waals surface area contributed by atoms with Crippen LogP contribution < -0.4 is 10.2 Å². The quantitative estimate of drug-likeness (QED) is 0.831. The Hall–Kier alpha value is -1.16. The normalized spacial score (nSPS) is 15.2. The predicted molar refractivity (Wildman–Crippen MR) is 84.1 cm³/mol. The highest BCUT2D eigenvalue weighted by Gasteiger charge is 2.22. The Kier molecular flexibility index (Phi) is 4.97. The molecule has 1 aliphatic carbocycles. The Balaban J connectivity index is 2.26.